The molecule has 0 aliphatic carbocycles. The molecule has 4 heteroatoms. The molecule has 1 aromatic carbocycles. The van der Waals surface area contributed by atoms with Crippen LogP contribution in [0.4, 0.5) is 0 Å². The molecule has 2 N–H and O–H groups in total. The highest BCUT2D eigenvalue weighted by Crippen LogP contribution is 2.27. The van der Waals surface area contributed by atoms with Crippen molar-refractivity contribution in [1.82, 2.24) is 5.32 Å². The molecule has 15 heavy (non-hydrogen) atoms. The summed E-state index contributed by atoms with van der Waals surface area (Å²) >= 11 is 1.49. The maximum atomic E-state index is 11.1. The number of para-hydroxylation sites is 1. The molecule has 0 saturated heterocycles. The van der Waals surface area contributed by atoms with Crippen LogP contribution >= 0.6 is 11.8 Å². The van der Waals surface area contributed by atoms with Crippen molar-refractivity contribution in [1.29, 1.82) is 0 Å². The fourth-order valence-electron chi connectivity index (χ4n) is 1.12. The minimum atomic E-state index is 0.0559. The Bertz CT molecular complexity index is 328. The third-order valence-electron chi connectivity index (χ3n) is 1.83. The van der Waals surface area contributed by atoms with Crippen molar-refractivity contribution in [2.75, 3.05) is 12.3 Å². The topological polar surface area (TPSA) is 49.3 Å². The van der Waals surface area contributed by atoms with E-state index in [9.17, 15) is 9.90 Å². The van der Waals surface area contributed by atoms with Crippen LogP contribution in [0.1, 0.15) is 13.3 Å². The molecule has 0 saturated carbocycles. The smallest absolute Gasteiger partial charge is 0.220 e. The number of aromatic hydroxyl groups is 1. The van der Waals surface area contributed by atoms with Gasteiger partial charge in [0, 0.05) is 23.6 Å². The van der Waals surface area contributed by atoms with Crippen molar-refractivity contribution in [3.8, 4) is 5.75 Å². The van der Waals surface area contributed by atoms with E-state index >= 15 is 0 Å². The molecule has 1 rings (SSSR count). The molecule has 0 heterocycles. The molecule has 0 fully saturated rings. The number of phenolic OH excluding ortho intramolecular Hbond substituents is 1. The average Bonchev–Trinajstić information content (AvgIpc) is 2.21. The van der Waals surface area contributed by atoms with Crippen molar-refractivity contribution in [3.05, 3.63) is 24.3 Å². The second-order valence-corrected chi connectivity index (χ2v) is 4.16. The van der Waals surface area contributed by atoms with Crippen LogP contribution in [0.25, 0.3) is 0 Å². The molecule has 0 aliphatic heterocycles. The van der Waals surface area contributed by atoms with E-state index in [0.29, 0.717) is 18.7 Å². The van der Waals surface area contributed by atoms with E-state index in [1.807, 2.05) is 19.1 Å². The molecule has 0 radical (unpaired) electrons. The van der Waals surface area contributed by atoms with Gasteiger partial charge < -0.3 is 10.4 Å². The number of carbonyl (C=O) groups is 1. The number of carbonyl (C=O) groups excluding carboxylic acids is 1. The highest BCUT2D eigenvalue weighted by molar-refractivity contribution is 7.99. The van der Waals surface area contributed by atoms with Crippen LogP contribution in [0.2, 0.25) is 0 Å². The zero-order valence-corrected chi connectivity index (χ0v) is 9.51. The first kappa shape index (κ1) is 11.9. The molecule has 0 unspecified atom stereocenters. The van der Waals surface area contributed by atoms with Crippen molar-refractivity contribution in [2.45, 2.75) is 18.2 Å². The van der Waals surface area contributed by atoms with Crippen LogP contribution in [0.3, 0.4) is 0 Å². The third kappa shape index (κ3) is 4.25. The lowest BCUT2D eigenvalue weighted by molar-refractivity contribution is -0.120. The summed E-state index contributed by atoms with van der Waals surface area (Å²) in [7, 11) is 0. The summed E-state index contributed by atoms with van der Waals surface area (Å²) in [5, 5.41) is 12.2. The molecule has 0 atom stereocenters. The molecular formula is C11H15NO2S. The summed E-state index contributed by atoms with van der Waals surface area (Å²) in [6.45, 7) is 2.56. The van der Waals surface area contributed by atoms with Gasteiger partial charge in [-0.05, 0) is 19.1 Å². The Labute approximate surface area is 93.9 Å². The van der Waals surface area contributed by atoms with Gasteiger partial charge in [-0.1, -0.05) is 12.1 Å². The summed E-state index contributed by atoms with van der Waals surface area (Å²) in [5.74, 6) is 1.02. The Balaban J connectivity index is 2.32. The minimum Gasteiger partial charge on any atom is -0.507 e. The average molecular weight is 225 g/mol. The first-order valence-corrected chi connectivity index (χ1v) is 5.90. The first-order chi connectivity index (χ1) is 7.24. The summed E-state index contributed by atoms with van der Waals surface area (Å²) in [6.07, 6.45) is 0.479. The van der Waals surface area contributed by atoms with Gasteiger partial charge in [0.05, 0.1) is 0 Å². The van der Waals surface area contributed by atoms with Gasteiger partial charge in [-0.15, -0.1) is 11.8 Å². The minimum absolute atomic E-state index is 0.0559. The number of hydrogen-bond acceptors (Lipinski definition) is 3. The highest BCUT2D eigenvalue weighted by Gasteiger charge is 2.02. The number of benzene rings is 1. The monoisotopic (exact) mass is 225 g/mol. The van der Waals surface area contributed by atoms with E-state index in [-0.39, 0.29) is 11.7 Å². The van der Waals surface area contributed by atoms with Crippen LogP contribution in [0, 0.1) is 0 Å². The molecule has 0 spiro atoms. The van der Waals surface area contributed by atoms with Crippen LogP contribution in [-0.4, -0.2) is 23.3 Å². The van der Waals surface area contributed by atoms with Crippen LogP contribution < -0.4 is 5.32 Å². The Kier molecular flexibility index (Phi) is 5.04. The summed E-state index contributed by atoms with van der Waals surface area (Å²) < 4.78 is 0. The van der Waals surface area contributed by atoms with Gasteiger partial charge in [-0.25, -0.2) is 0 Å². The lowest BCUT2D eigenvalue weighted by Crippen LogP contribution is -2.22. The second-order valence-electron chi connectivity index (χ2n) is 3.02. The van der Waals surface area contributed by atoms with Gasteiger partial charge in [-0.3, -0.25) is 4.79 Å². The molecule has 0 aromatic heterocycles. The quantitative estimate of drug-likeness (QED) is 0.754. The van der Waals surface area contributed by atoms with E-state index in [1.165, 1.54) is 11.8 Å². The Hall–Kier alpha value is -1.16. The van der Waals surface area contributed by atoms with Crippen molar-refractivity contribution >= 4 is 17.7 Å². The zero-order chi connectivity index (χ0) is 11.1. The fourth-order valence-corrected chi connectivity index (χ4v) is 2.02. The van der Waals surface area contributed by atoms with E-state index < -0.39 is 0 Å². The summed E-state index contributed by atoms with van der Waals surface area (Å²) in [6, 6.07) is 7.14. The number of hydrogen-bond donors (Lipinski definition) is 2. The lowest BCUT2D eigenvalue weighted by atomic mass is 10.3. The second kappa shape index (κ2) is 6.35. The first-order valence-electron chi connectivity index (χ1n) is 4.91. The third-order valence-corrected chi connectivity index (χ3v) is 2.89. The van der Waals surface area contributed by atoms with Gasteiger partial charge >= 0.3 is 0 Å². The lowest BCUT2D eigenvalue weighted by Gasteiger charge is -2.04. The predicted octanol–water partition coefficient (Wildman–Crippen LogP) is 2.01. The molecule has 0 aliphatic rings. The Morgan fingerprint density at radius 2 is 2.20 bits per heavy atom. The maximum Gasteiger partial charge on any atom is 0.220 e. The summed E-state index contributed by atoms with van der Waals surface area (Å²) in [5.41, 5.74) is 0. The molecule has 82 valence electrons. The fraction of sp³-hybridized carbons (Fsp3) is 0.364. The van der Waals surface area contributed by atoms with Gasteiger partial charge in [0.25, 0.3) is 0 Å². The van der Waals surface area contributed by atoms with Gasteiger partial charge in [0.2, 0.25) is 5.91 Å². The number of phenols is 1. The van der Waals surface area contributed by atoms with Gasteiger partial charge in [0.1, 0.15) is 5.75 Å². The van der Waals surface area contributed by atoms with Gasteiger partial charge in [0.15, 0.2) is 0 Å². The number of thioether (sulfide) groups is 1. The van der Waals surface area contributed by atoms with Crippen molar-refractivity contribution in [2.24, 2.45) is 0 Å². The molecule has 0 bridgehead atoms. The Morgan fingerprint density at radius 1 is 1.47 bits per heavy atom. The summed E-state index contributed by atoms with van der Waals surface area (Å²) in [4.78, 5) is 12.0. The molecule has 1 amide bonds. The highest BCUT2D eigenvalue weighted by atomic mass is 32.2. The normalized spacial score (nSPS) is 9.93. The number of amides is 1. The predicted molar refractivity (Wildman–Crippen MR) is 62.1 cm³/mol. The largest absolute Gasteiger partial charge is 0.507 e. The number of nitrogens with one attached hydrogen (secondary N) is 1. The number of rotatable bonds is 5. The van der Waals surface area contributed by atoms with E-state index in [1.54, 1.807) is 12.1 Å². The molecule has 3 nitrogen and oxygen atoms in total. The zero-order valence-electron chi connectivity index (χ0n) is 8.69. The molecular weight excluding hydrogens is 210 g/mol. The van der Waals surface area contributed by atoms with Crippen molar-refractivity contribution < 1.29 is 9.90 Å². The van der Waals surface area contributed by atoms with E-state index in [4.69, 9.17) is 0 Å². The molecule has 1 aromatic rings. The maximum absolute atomic E-state index is 11.1. The van der Waals surface area contributed by atoms with Crippen LogP contribution in [0.15, 0.2) is 29.2 Å². The van der Waals surface area contributed by atoms with Gasteiger partial charge in [-0.2, -0.15) is 0 Å². The van der Waals surface area contributed by atoms with Crippen LogP contribution in [0.5, 0.6) is 5.75 Å². The Morgan fingerprint density at radius 3 is 2.87 bits per heavy atom. The van der Waals surface area contributed by atoms with Crippen molar-refractivity contribution in [3.63, 3.8) is 0 Å². The SMILES string of the molecule is CCNC(=O)CCSc1ccccc1O. The standard InChI is InChI=1S/C11H15NO2S/c1-2-12-11(14)7-8-15-10-6-4-3-5-9(10)13/h3-6,13H,2,7-8H2,1H3,(H,12,14). The van der Waals surface area contributed by atoms with Crippen LogP contribution in [-0.2, 0) is 4.79 Å². The van der Waals surface area contributed by atoms with E-state index in [2.05, 4.69) is 5.32 Å². The van der Waals surface area contributed by atoms with E-state index in [0.717, 1.165) is 4.90 Å².